The maximum absolute atomic E-state index is 14.6. The van der Waals surface area contributed by atoms with Crippen LogP contribution in [-0.2, 0) is 6.18 Å². The van der Waals surface area contributed by atoms with E-state index < -0.39 is 29.5 Å². The van der Waals surface area contributed by atoms with Crippen LogP contribution in [0.15, 0.2) is 36.8 Å². The van der Waals surface area contributed by atoms with E-state index in [1.807, 2.05) is 0 Å². The number of nitrogens with zero attached hydrogens (tertiary/aromatic N) is 5. The fourth-order valence-corrected chi connectivity index (χ4v) is 5.51. The Morgan fingerprint density at radius 1 is 1.18 bits per heavy atom. The zero-order valence-electron chi connectivity index (χ0n) is 21.0. The van der Waals surface area contributed by atoms with Crippen molar-refractivity contribution in [3.63, 3.8) is 0 Å². The van der Waals surface area contributed by atoms with Crippen LogP contribution < -0.4 is 10.2 Å². The molecular formula is C26H30F4N6O2. The molecule has 204 valence electrons. The van der Waals surface area contributed by atoms with Crippen LogP contribution in [0.25, 0.3) is 5.65 Å². The lowest BCUT2D eigenvalue weighted by molar-refractivity contribution is -0.140. The van der Waals surface area contributed by atoms with Gasteiger partial charge in [-0.05, 0) is 51.3 Å². The highest BCUT2D eigenvalue weighted by Gasteiger charge is 2.35. The molecule has 1 aromatic carbocycles. The molecule has 2 fully saturated rings. The maximum atomic E-state index is 14.6. The number of rotatable bonds is 5. The molecule has 2 atom stereocenters. The molecule has 8 nitrogen and oxygen atoms in total. The van der Waals surface area contributed by atoms with Gasteiger partial charge in [0.25, 0.3) is 5.91 Å². The van der Waals surface area contributed by atoms with E-state index in [1.54, 1.807) is 6.07 Å². The molecule has 38 heavy (non-hydrogen) atoms. The molecule has 0 saturated carbocycles. The van der Waals surface area contributed by atoms with Crippen LogP contribution in [0.1, 0.15) is 60.1 Å². The average Bonchev–Trinajstić information content (AvgIpc) is 3.36. The number of alkyl halides is 3. The van der Waals surface area contributed by atoms with Gasteiger partial charge in [0.1, 0.15) is 12.1 Å². The minimum absolute atomic E-state index is 0.235. The lowest BCUT2D eigenvalue weighted by Gasteiger charge is -2.42. The van der Waals surface area contributed by atoms with Crippen molar-refractivity contribution in [1.82, 2.24) is 24.8 Å². The number of hydrogen-bond acceptors (Lipinski definition) is 6. The number of halogens is 4. The van der Waals surface area contributed by atoms with Gasteiger partial charge >= 0.3 is 6.18 Å². The zero-order valence-corrected chi connectivity index (χ0v) is 21.0. The molecule has 2 saturated heterocycles. The topological polar surface area (TPSA) is 86.0 Å². The van der Waals surface area contributed by atoms with Gasteiger partial charge in [0.2, 0.25) is 0 Å². The van der Waals surface area contributed by atoms with Crippen molar-refractivity contribution in [3.8, 4) is 0 Å². The molecule has 0 aliphatic carbocycles. The number of piperidine rings is 2. The highest BCUT2D eigenvalue weighted by atomic mass is 19.4. The first-order valence-corrected chi connectivity index (χ1v) is 12.8. The number of benzene rings is 1. The highest BCUT2D eigenvalue weighted by molar-refractivity contribution is 5.96. The largest absolute Gasteiger partial charge is 0.419 e. The van der Waals surface area contributed by atoms with Gasteiger partial charge < -0.3 is 15.3 Å². The minimum Gasteiger partial charge on any atom is -0.392 e. The highest BCUT2D eigenvalue weighted by Crippen LogP contribution is 2.34. The van der Waals surface area contributed by atoms with Crippen molar-refractivity contribution in [2.45, 2.75) is 57.0 Å². The molecule has 2 aliphatic rings. The summed E-state index contributed by atoms with van der Waals surface area (Å²) < 4.78 is 55.5. The van der Waals surface area contributed by atoms with Gasteiger partial charge in [0.05, 0.1) is 29.0 Å². The van der Waals surface area contributed by atoms with Crippen LogP contribution in [-0.4, -0.2) is 68.8 Å². The predicted molar refractivity (Wildman–Crippen MR) is 132 cm³/mol. The molecule has 2 N–H and O–H groups in total. The Morgan fingerprint density at radius 3 is 2.66 bits per heavy atom. The van der Waals surface area contributed by atoms with E-state index in [-0.39, 0.29) is 17.2 Å². The van der Waals surface area contributed by atoms with Gasteiger partial charge in [-0.2, -0.15) is 18.3 Å². The number of hydrogen-bond donors (Lipinski definition) is 2. The van der Waals surface area contributed by atoms with E-state index in [2.05, 4.69) is 25.2 Å². The molecule has 12 heteroatoms. The number of aliphatic hydroxyl groups excluding tert-OH is 1. The van der Waals surface area contributed by atoms with E-state index in [0.717, 1.165) is 57.1 Å². The van der Waals surface area contributed by atoms with Crippen LogP contribution in [0.4, 0.5) is 23.2 Å². The quantitative estimate of drug-likeness (QED) is 0.485. The third-order valence-electron chi connectivity index (χ3n) is 7.52. The molecule has 0 radical (unpaired) electrons. The smallest absolute Gasteiger partial charge is 0.392 e. The molecule has 0 bridgehead atoms. The molecule has 2 aromatic heterocycles. The van der Waals surface area contributed by atoms with Crippen molar-refractivity contribution < 1.29 is 27.5 Å². The predicted octanol–water partition coefficient (Wildman–Crippen LogP) is 3.80. The number of carbonyl (C=O) groups excluding carboxylic acids is 1. The SMILES string of the molecule is C[C@@H](NC(=O)c1cc(N2CCC(N3CCC[C@H](O)C3)CC2)c2ncnn2c1)c1cccc(C(F)(F)F)c1F. The average molecular weight is 535 g/mol. The first-order chi connectivity index (χ1) is 18.1. The monoisotopic (exact) mass is 534 g/mol. The summed E-state index contributed by atoms with van der Waals surface area (Å²) in [6, 6.07) is 4.10. The molecule has 0 spiro atoms. The lowest BCUT2D eigenvalue weighted by Crippen LogP contribution is -2.49. The fourth-order valence-electron chi connectivity index (χ4n) is 5.51. The minimum atomic E-state index is -4.84. The Balaban J connectivity index is 1.33. The van der Waals surface area contributed by atoms with Crippen LogP contribution in [0.3, 0.4) is 0 Å². The molecule has 3 aromatic rings. The Bertz CT molecular complexity index is 1300. The summed E-state index contributed by atoms with van der Waals surface area (Å²) >= 11 is 0. The van der Waals surface area contributed by atoms with E-state index in [9.17, 15) is 27.5 Å². The second kappa shape index (κ2) is 10.5. The third-order valence-corrected chi connectivity index (χ3v) is 7.52. The molecular weight excluding hydrogens is 504 g/mol. The zero-order chi connectivity index (χ0) is 27.0. The molecule has 2 aliphatic heterocycles. The Hall–Kier alpha value is -3.25. The fraction of sp³-hybridized carbons (Fsp3) is 0.500. The first-order valence-electron chi connectivity index (χ1n) is 12.8. The number of pyridine rings is 1. The van der Waals surface area contributed by atoms with Crippen molar-refractivity contribution in [2.75, 3.05) is 31.1 Å². The standard InChI is InChI=1S/C26H30F4N6O2/c1-16(20-5-2-6-21(23(20)27)26(28,29)30)33-25(38)17-12-22(24-31-15-32-36(24)13-17)34-10-7-18(8-11-34)35-9-3-4-19(37)14-35/h2,5-6,12-13,15-16,18-19,37H,3-4,7-11,14H2,1H3,(H,33,38)/t16-,19+/m1/s1. The van der Waals surface area contributed by atoms with E-state index >= 15 is 0 Å². The summed E-state index contributed by atoms with van der Waals surface area (Å²) in [5, 5.41) is 16.8. The van der Waals surface area contributed by atoms with Gasteiger partial charge in [-0.15, -0.1) is 0 Å². The molecule has 5 rings (SSSR count). The van der Waals surface area contributed by atoms with Crippen LogP contribution >= 0.6 is 0 Å². The summed E-state index contributed by atoms with van der Waals surface area (Å²) in [6.07, 6.45) is 1.40. The first kappa shape index (κ1) is 26.4. The Kier molecular flexibility index (Phi) is 7.28. The Morgan fingerprint density at radius 2 is 1.95 bits per heavy atom. The molecule has 1 amide bonds. The second-order valence-electron chi connectivity index (χ2n) is 10.1. The number of aromatic nitrogens is 3. The number of amides is 1. The van der Waals surface area contributed by atoms with Crippen LogP contribution in [0.2, 0.25) is 0 Å². The van der Waals surface area contributed by atoms with Crippen LogP contribution in [0.5, 0.6) is 0 Å². The number of aliphatic hydroxyl groups is 1. The third kappa shape index (κ3) is 5.32. The number of β-amino-alcohol motifs (C(OH)–C–C–N with tert-alkyl or cyclic N) is 1. The summed E-state index contributed by atoms with van der Waals surface area (Å²) in [6.45, 7) is 4.58. The van der Waals surface area contributed by atoms with Gasteiger partial charge in [-0.1, -0.05) is 12.1 Å². The van der Waals surface area contributed by atoms with Crippen molar-refractivity contribution in [2.24, 2.45) is 0 Å². The second-order valence-corrected chi connectivity index (χ2v) is 10.1. The molecule has 4 heterocycles. The Labute approximate surface area is 217 Å². The maximum Gasteiger partial charge on any atom is 0.419 e. The van der Waals surface area contributed by atoms with Gasteiger partial charge in [-0.3, -0.25) is 9.69 Å². The number of nitrogens with one attached hydrogen (secondary N) is 1. The summed E-state index contributed by atoms with van der Waals surface area (Å²) in [4.78, 5) is 22.0. The summed E-state index contributed by atoms with van der Waals surface area (Å²) in [5.74, 6) is -1.96. The summed E-state index contributed by atoms with van der Waals surface area (Å²) in [5.41, 5.74) is -0.0703. The van der Waals surface area contributed by atoms with Gasteiger partial charge in [0.15, 0.2) is 5.65 Å². The van der Waals surface area contributed by atoms with E-state index in [0.29, 0.717) is 24.3 Å². The normalized spacial score (nSPS) is 20.6. The van der Waals surface area contributed by atoms with Crippen LogP contribution in [0, 0.1) is 5.82 Å². The number of anilines is 1. The van der Waals surface area contributed by atoms with Gasteiger partial charge in [-0.25, -0.2) is 13.9 Å². The number of carbonyl (C=O) groups is 1. The van der Waals surface area contributed by atoms with E-state index in [4.69, 9.17) is 0 Å². The number of likely N-dealkylation sites (tertiary alicyclic amines) is 1. The molecule has 0 unspecified atom stereocenters. The van der Waals surface area contributed by atoms with E-state index in [1.165, 1.54) is 30.0 Å². The summed E-state index contributed by atoms with van der Waals surface area (Å²) in [7, 11) is 0. The lowest BCUT2D eigenvalue weighted by atomic mass is 9.98. The van der Waals surface area contributed by atoms with Gasteiger partial charge in [0, 0.05) is 37.4 Å². The van der Waals surface area contributed by atoms with Crippen molar-refractivity contribution in [1.29, 1.82) is 0 Å². The number of fused-ring (bicyclic) bond motifs is 1. The van der Waals surface area contributed by atoms with Crippen molar-refractivity contribution >= 4 is 17.2 Å². The van der Waals surface area contributed by atoms with Crippen molar-refractivity contribution in [3.05, 3.63) is 59.3 Å².